The van der Waals surface area contributed by atoms with Crippen LogP contribution in [0.25, 0.3) is 0 Å². The Bertz CT molecular complexity index is 367. The molecule has 1 heterocycles. The van der Waals surface area contributed by atoms with Gasteiger partial charge in [-0.3, -0.25) is 0 Å². The van der Waals surface area contributed by atoms with Crippen molar-refractivity contribution in [3.63, 3.8) is 0 Å². The Labute approximate surface area is 104 Å². The van der Waals surface area contributed by atoms with Crippen LogP contribution < -0.4 is 5.73 Å². The van der Waals surface area contributed by atoms with Crippen molar-refractivity contribution in [2.75, 3.05) is 6.54 Å². The molecule has 0 saturated heterocycles. The highest BCUT2D eigenvalue weighted by molar-refractivity contribution is 5.00. The standard InChI is InChI=1S/C13H24N4/c1-10(2)7-17-12(15-9-16-17)6-13(3,8-14)11-4-5-11/h9-11H,4-8,14H2,1-3H3. The summed E-state index contributed by atoms with van der Waals surface area (Å²) in [6.45, 7) is 8.38. The van der Waals surface area contributed by atoms with E-state index in [1.165, 1.54) is 12.8 Å². The molecule has 0 bridgehead atoms. The van der Waals surface area contributed by atoms with E-state index in [1.54, 1.807) is 6.33 Å². The molecule has 4 nitrogen and oxygen atoms in total. The molecule has 1 unspecified atom stereocenters. The minimum Gasteiger partial charge on any atom is -0.330 e. The van der Waals surface area contributed by atoms with E-state index in [0.29, 0.717) is 5.92 Å². The number of nitrogens with zero attached hydrogens (tertiary/aromatic N) is 3. The van der Waals surface area contributed by atoms with Gasteiger partial charge in [0, 0.05) is 13.0 Å². The lowest BCUT2D eigenvalue weighted by Gasteiger charge is -2.27. The molecule has 2 N–H and O–H groups in total. The third-order valence-electron chi connectivity index (χ3n) is 3.83. The van der Waals surface area contributed by atoms with Gasteiger partial charge in [-0.05, 0) is 36.6 Å². The molecule has 1 fully saturated rings. The number of aromatic nitrogens is 3. The summed E-state index contributed by atoms with van der Waals surface area (Å²) in [4.78, 5) is 4.41. The molecule has 0 spiro atoms. The lowest BCUT2D eigenvalue weighted by atomic mass is 9.81. The molecule has 1 aliphatic rings. The Morgan fingerprint density at radius 3 is 2.76 bits per heavy atom. The van der Waals surface area contributed by atoms with Crippen LogP contribution in [0.2, 0.25) is 0 Å². The lowest BCUT2D eigenvalue weighted by Crippen LogP contribution is -2.33. The maximum atomic E-state index is 5.96. The maximum Gasteiger partial charge on any atom is 0.138 e. The smallest absolute Gasteiger partial charge is 0.138 e. The van der Waals surface area contributed by atoms with Crippen molar-refractivity contribution in [1.29, 1.82) is 0 Å². The van der Waals surface area contributed by atoms with Gasteiger partial charge in [0.2, 0.25) is 0 Å². The van der Waals surface area contributed by atoms with Crippen LogP contribution in [0.1, 0.15) is 39.4 Å². The Morgan fingerprint density at radius 1 is 1.53 bits per heavy atom. The van der Waals surface area contributed by atoms with Crippen molar-refractivity contribution in [3.8, 4) is 0 Å². The topological polar surface area (TPSA) is 56.7 Å². The van der Waals surface area contributed by atoms with Crippen LogP contribution in [0.4, 0.5) is 0 Å². The summed E-state index contributed by atoms with van der Waals surface area (Å²) in [5, 5.41) is 4.32. The Morgan fingerprint density at radius 2 is 2.24 bits per heavy atom. The van der Waals surface area contributed by atoms with Crippen molar-refractivity contribution >= 4 is 0 Å². The highest BCUT2D eigenvalue weighted by atomic mass is 15.3. The predicted octanol–water partition coefficient (Wildman–Crippen LogP) is 1.85. The molecule has 0 aromatic carbocycles. The summed E-state index contributed by atoms with van der Waals surface area (Å²) in [7, 11) is 0. The van der Waals surface area contributed by atoms with Gasteiger partial charge in [0.25, 0.3) is 0 Å². The summed E-state index contributed by atoms with van der Waals surface area (Å²) >= 11 is 0. The zero-order valence-electron chi connectivity index (χ0n) is 11.2. The number of hydrogen-bond acceptors (Lipinski definition) is 3. The minimum absolute atomic E-state index is 0.210. The zero-order chi connectivity index (χ0) is 12.5. The maximum absolute atomic E-state index is 5.96. The van der Waals surface area contributed by atoms with Crippen LogP contribution in [0, 0.1) is 17.3 Å². The molecule has 0 radical (unpaired) electrons. The summed E-state index contributed by atoms with van der Waals surface area (Å²) in [5.41, 5.74) is 6.17. The van der Waals surface area contributed by atoms with E-state index in [-0.39, 0.29) is 5.41 Å². The van der Waals surface area contributed by atoms with E-state index in [1.807, 2.05) is 4.68 Å². The van der Waals surface area contributed by atoms with Gasteiger partial charge >= 0.3 is 0 Å². The van der Waals surface area contributed by atoms with E-state index < -0.39 is 0 Å². The van der Waals surface area contributed by atoms with Gasteiger partial charge in [0.1, 0.15) is 12.2 Å². The fraction of sp³-hybridized carbons (Fsp3) is 0.846. The van der Waals surface area contributed by atoms with Crippen LogP contribution in [-0.2, 0) is 13.0 Å². The Balaban J connectivity index is 2.09. The Kier molecular flexibility index (Phi) is 3.52. The average molecular weight is 236 g/mol. The third-order valence-corrected chi connectivity index (χ3v) is 3.83. The van der Waals surface area contributed by atoms with Crippen molar-refractivity contribution < 1.29 is 0 Å². The summed E-state index contributed by atoms with van der Waals surface area (Å²) in [6.07, 6.45) is 5.28. The highest BCUT2D eigenvalue weighted by Crippen LogP contribution is 2.46. The molecule has 0 amide bonds. The number of rotatable bonds is 6. The van der Waals surface area contributed by atoms with Crippen molar-refractivity contribution in [2.45, 2.75) is 46.6 Å². The molecule has 17 heavy (non-hydrogen) atoms. The molecule has 0 aliphatic heterocycles. The van der Waals surface area contributed by atoms with Gasteiger partial charge in [-0.1, -0.05) is 20.8 Å². The molecule has 1 aliphatic carbocycles. The van der Waals surface area contributed by atoms with Crippen LogP contribution in [0.3, 0.4) is 0 Å². The molecule has 1 aromatic heterocycles. The van der Waals surface area contributed by atoms with Crippen molar-refractivity contribution in [3.05, 3.63) is 12.2 Å². The van der Waals surface area contributed by atoms with Crippen LogP contribution in [0.5, 0.6) is 0 Å². The van der Waals surface area contributed by atoms with Gasteiger partial charge in [0.05, 0.1) is 0 Å². The van der Waals surface area contributed by atoms with Crippen molar-refractivity contribution in [1.82, 2.24) is 14.8 Å². The van der Waals surface area contributed by atoms with Gasteiger partial charge in [-0.25, -0.2) is 9.67 Å². The Hall–Kier alpha value is -0.900. The second-order valence-corrected chi connectivity index (χ2v) is 6.06. The molecule has 1 saturated carbocycles. The first kappa shape index (κ1) is 12.6. The molecule has 1 aromatic rings. The lowest BCUT2D eigenvalue weighted by molar-refractivity contribution is 0.268. The predicted molar refractivity (Wildman–Crippen MR) is 68.4 cm³/mol. The van der Waals surface area contributed by atoms with E-state index >= 15 is 0 Å². The number of nitrogens with two attached hydrogens (primary N) is 1. The van der Waals surface area contributed by atoms with Crippen LogP contribution >= 0.6 is 0 Å². The highest BCUT2D eigenvalue weighted by Gasteiger charge is 2.41. The minimum atomic E-state index is 0.210. The van der Waals surface area contributed by atoms with Gasteiger partial charge in [-0.15, -0.1) is 0 Å². The van der Waals surface area contributed by atoms with E-state index in [0.717, 1.165) is 31.3 Å². The molecular weight excluding hydrogens is 212 g/mol. The van der Waals surface area contributed by atoms with E-state index in [9.17, 15) is 0 Å². The quantitative estimate of drug-likeness (QED) is 0.820. The summed E-state index contributed by atoms with van der Waals surface area (Å²) < 4.78 is 2.04. The summed E-state index contributed by atoms with van der Waals surface area (Å²) in [5.74, 6) is 2.48. The van der Waals surface area contributed by atoms with Gasteiger partial charge in [0.15, 0.2) is 0 Å². The van der Waals surface area contributed by atoms with Gasteiger partial charge in [-0.2, -0.15) is 5.10 Å². The third kappa shape index (κ3) is 2.86. The second-order valence-electron chi connectivity index (χ2n) is 6.06. The normalized spacial score (nSPS) is 19.6. The number of hydrogen-bond donors (Lipinski definition) is 1. The average Bonchev–Trinajstić information content (AvgIpc) is 3.04. The monoisotopic (exact) mass is 236 g/mol. The van der Waals surface area contributed by atoms with Crippen LogP contribution in [0.15, 0.2) is 6.33 Å². The fourth-order valence-electron chi connectivity index (χ4n) is 2.45. The molecule has 96 valence electrons. The molecule has 4 heteroatoms. The SMILES string of the molecule is CC(C)Cn1ncnc1CC(C)(CN)C1CC1. The molecule has 1 atom stereocenters. The van der Waals surface area contributed by atoms with E-state index in [2.05, 4.69) is 30.9 Å². The van der Waals surface area contributed by atoms with Crippen LogP contribution in [-0.4, -0.2) is 21.3 Å². The first-order valence-corrected chi connectivity index (χ1v) is 6.62. The van der Waals surface area contributed by atoms with E-state index in [4.69, 9.17) is 5.73 Å². The first-order valence-electron chi connectivity index (χ1n) is 6.62. The van der Waals surface area contributed by atoms with Crippen molar-refractivity contribution in [2.24, 2.45) is 23.0 Å². The van der Waals surface area contributed by atoms with Gasteiger partial charge < -0.3 is 5.73 Å². The largest absolute Gasteiger partial charge is 0.330 e. The second kappa shape index (κ2) is 4.77. The zero-order valence-corrected chi connectivity index (χ0v) is 11.2. The molecular formula is C13H24N4. The summed E-state index contributed by atoms with van der Waals surface area (Å²) in [6, 6.07) is 0. The first-order chi connectivity index (χ1) is 8.05. The fourth-order valence-corrected chi connectivity index (χ4v) is 2.45. The molecule has 2 rings (SSSR count).